The second-order valence-corrected chi connectivity index (χ2v) is 4.42. The lowest BCUT2D eigenvalue weighted by Gasteiger charge is -2.34. The molecule has 95 valence electrons. The van der Waals surface area contributed by atoms with Crippen molar-refractivity contribution in [2.45, 2.75) is 6.04 Å². The number of carbonyl (C=O) groups excluding carboxylic acids is 1. The Kier molecular flexibility index (Phi) is 2.95. The van der Waals surface area contributed by atoms with Gasteiger partial charge in [0.05, 0.1) is 6.04 Å². The van der Waals surface area contributed by atoms with Crippen molar-refractivity contribution in [3.8, 4) is 11.5 Å². The molecule has 2 aromatic carbocycles. The van der Waals surface area contributed by atoms with E-state index in [4.69, 9.17) is 4.74 Å². The Morgan fingerprint density at radius 2 is 1.58 bits per heavy atom. The molecule has 0 bridgehead atoms. The van der Waals surface area contributed by atoms with E-state index in [9.17, 15) is 4.79 Å². The molecule has 1 aliphatic rings. The van der Waals surface area contributed by atoms with Gasteiger partial charge < -0.3 is 9.64 Å². The van der Waals surface area contributed by atoms with Gasteiger partial charge in [-0.1, -0.05) is 36.4 Å². The van der Waals surface area contributed by atoms with Gasteiger partial charge in [-0.15, -0.1) is 0 Å². The molecule has 1 aliphatic heterocycles. The molecule has 0 saturated carbocycles. The number of amides is 1. The van der Waals surface area contributed by atoms with Crippen molar-refractivity contribution in [1.29, 1.82) is 0 Å². The molecule has 3 nitrogen and oxygen atoms in total. The number of para-hydroxylation sites is 2. The quantitative estimate of drug-likeness (QED) is 0.785. The van der Waals surface area contributed by atoms with Crippen LogP contribution < -0.4 is 4.74 Å². The van der Waals surface area contributed by atoms with Crippen molar-refractivity contribution in [2.24, 2.45) is 0 Å². The summed E-state index contributed by atoms with van der Waals surface area (Å²) in [5.41, 5.74) is 1.99. The Morgan fingerprint density at radius 3 is 2.05 bits per heavy atom. The number of rotatable bonds is 3. The molecule has 1 radical (unpaired) electrons. The van der Waals surface area contributed by atoms with Crippen LogP contribution in [0.2, 0.25) is 0 Å². The zero-order valence-corrected chi connectivity index (χ0v) is 10.5. The molecular weight excluding hydrogens is 238 g/mol. The molecule has 1 heterocycles. The maximum absolute atomic E-state index is 11.3. The van der Waals surface area contributed by atoms with Crippen LogP contribution in [-0.4, -0.2) is 17.9 Å². The predicted octanol–water partition coefficient (Wildman–Crippen LogP) is 3.17. The van der Waals surface area contributed by atoms with Gasteiger partial charge in [0.1, 0.15) is 11.5 Å². The maximum atomic E-state index is 11.3. The second kappa shape index (κ2) is 4.76. The molecule has 0 unspecified atom stereocenters. The van der Waals surface area contributed by atoms with Crippen molar-refractivity contribution in [3.63, 3.8) is 0 Å². The lowest BCUT2D eigenvalue weighted by molar-refractivity contribution is -0.119. The summed E-state index contributed by atoms with van der Waals surface area (Å²) < 4.78 is 5.88. The van der Waals surface area contributed by atoms with Crippen LogP contribution in [0.4, 0.5) is 0 Å². The molecule has 2 aromatic rings. The third kappa shape index (κ3) is 1.87. The normalized spacial score (nSPS) is 13.1. The van der Waals surface area contributed by atoms with Crippen LogP contribution in [0.15, 0.2) is 48.5 Å². The zero-order chi connectivity index (χ0) is 13.2. The Morgan fingerprint density at radius 1 is 1.05 bits per heavy atom. The largest absolute Gasteiger partial charge is 0.457 e. The highest BCUT2D eigenvalue weighted by Gasteiger charge is 2.30. The van der Waals surface area contributed by atoms with Gasteiger partial charge in [-0.05, 0) is 19.1 Å². The molecule has 0 aliphatic carbocycles. The number of nitrogens with zero attached hydrogens (tertiary/aromatic N) is 1. The van der Waals surface area contributed by atoms with Gasteiger partial charge in [-0.2, -0.15) is 0 Å². The van der Waals surface area contributed by atoms with Gasteiger partial charge in [0.2, 0.25) is 6.41 Å². The number of hydrogen-bond acceptors (Lipinski definition) is 2. The fraction of sp³-hybridized carbons (Fsp3) is 0.125. The van der Waals surface area contributed by atoms with E-state index in [-0.39, 0.29) is 6.04 Å². The second-order valence-electron chi connectivity index (χ2n) is 4.42. The smallest absolute Gasteiger partial charge is 0.210 e. The van der Waals surface area contributed by atoms with Gasteiger partial charge in [0, 0.05) is 17.7 Å². The molecule has 3 rings (SSSR count). The number of ether oxygens (including phenoxy) is 1. The lowest BCUT2D eigenvalue weighted by atomic mass is 9.93. The van der Waals surface area contributed by atoms with E-state index in [2.05, 4.69) is 6.92 Å². The third-order valence-electron chi connectivity index (χ3n) is 3.37. The van der Waals surface area contributed by atoms with E-state index in [1.807, 2.05) is 48.5 Å². The summed E-state index contributed by atoms with van der Waals surface area (Å²) in [6, 6.07) is 15.5. The predicted molar refractivity (Wildman–Crippen MR) is 72.9 cm³/mol. The van der Waals surface area contributed by atoms with Crippen LogP contribution in [0.25, 0.3) is 0 Å². The monoisotopic (exact) mass is 252 g/mol. The van der Waals surface area contributed by atoms with Crippen molar-refractivity contribution >= 4 is 6.41 Å². The van der Waals surface area contributed by atoms with Crippen LogP contribution in [0.5, 0.6) is 11.5 Å². The number of benzene rings is 2. The van der Waals surface area contributed by atoms with Crippen molar-refractivity contribution in [2.75, 3.05) is 6.54 Å². The number of carbonyl (C=O) groups is 1. The average Bonchev–Trinajstić information content (AvgIpc) is 2.47. The Bertz CT molecular complexity index is 564. The van der Waals surface area contributed by atoms with Crippen LogP contribution >= 0.6 is 0 Å². The van der Waals surface area contributed by atoms with Crippen LogP contribution in [0.3, 0.4) is 0 Å². The van der Waals surface area contributed by atoms with Gasteiger partial charge in [-0.3, -0.25) is 4.79 Å². The van der Waals surface area contributed by atoms with E-state index in [1.54, 1.807) is 4.90 Å². The summed E-state index contributed by atoms with van der Waals surface area (Å²) in [6.45, 7) is 4.25. The van der Waals surface area contributed by atoms with E-state index in [0.29, 0.717) is 6.54 Å². The van der Waals surface area contributed by atoms with Crippen LogP contribution in [0.1, 0.15) is 17.2 Å². The summed E-state index contributed by atoms with van der Waals surface area (Å²) >= 11 is 0. The summed E-state index contributed by atoms with van der Waals surface area (Å²) in [7, 11) is 0. The minimum atomic E-state index is -0.129. The van der Waals surface area contributed by atoms with Gasteiger partial charge in [-0.25, -0.2) is 0 Å². The first kappa shape index (κ1) is 11.8. The molecule has 19 heavy (non-hydrogen) atoms. The summed E-state index contributed by atoms with van der Waals surface area (Å²) in [5.74, 6) is 1.60. The van der Waals surface area contributed by atoms with Crippen molar-refractivity contribution in [1.82, 2.24) is 4.90 Å². The highest BCUT2D eigenvalue weighted by molar-refractivity contribution is 5.58. The third-order valence-corrected chi connectivity index (χ3v) is 3.37. The van der Waals surface area contributed by atoms with Crippen LogP contribution in [-0.2, 0) is 4.79 Å². The van der Waals surface area contributed by atoms with E-state index in [1.165, 1.54) is 0 Å². The van der Waals surface area contributed by atoms with E-state index < -0.39 is 0 Å². The average molecular weight is 252 g/mol. The first-order chi connectivity index (χ1) is 9.35. The maximum Gasteiger partial charge on any atom is 0.210 e. The highest BCUT2D eigenvalue weighted by Crippen LogP contribution is 2.44. The molecule has 0 aromatic heterocycles. The molecule has 1 amide bonds. The lowest BCUT2D eigenvalue weighted by Crippen LogP contribution is -2.30. The molecule has 0 N–H and O–H groups in total. The molecular formula is C16H14NO2. The van der Waals surface area contributed by atoms with Gasteiger partial charge in [0.15, 0.2) is 0 Å². The number of hydrogen-bond donors (Lipinski definition) is 0. The molecule has 0 fully saturated rings. The van der Waals surface area contributed by atoms with E-state index >= 15 is 0 Å². The molecule has 3 heteroatoms. The minimum absolute atomic E-state index is 0.129. The van der Waals surface area contributed by atoms with Gasteiger partial charge in [0.25, 0.3) is 0 Å². The number of fused-ring (bicyclic) bond motifs is 2. The SMILES string of the molecule is [CH2]CN(C=O)C1c2ccccc2Oc2ccccc21. The highest BCUT2D eigenvalue weighted by atomic mass is 16.5. The first-order valence-corrected chi connectivity index (χ1v) is 6.21. The zero-order valence-electron chi connectivity index (χ0n) is 10.5. The fourth-order valence-corrected chi connectivity index (χ4v) is 2.48. The Balaban J connectivity index is 2.19. The minimum Gasteiger partial charge on any atom is -0.457 e. The van der Waals surface area contributed by atoms with Crippen molar-refractivity contribution in [3.05, 3.63) is 66.6 Å². The summed E-state index contributed by atoms with van der Waals surface area (Å²) in [5, 5.41) is 0. The first-order valence-electron chi connectivity index (χ1n) is 6.21. The molecule has 0 atom stereocenters. The standard InChI is InChI=1S/C16H14NO2/c1-2-17(11-18)16-12-7-3-5-9-14(12)19-15-10-6-4-8-13(15)16/h3-11,16H,1-2H2. The fourth-order valence-electron chi connectivity index (χ4n) is 2.48. The van der Waals surface area contributed by atoms with E-state index in [0.717, 1.165) is 29.0 Å². The summed E-state index contributed by atoms with van der Waals surface area (Å²) in [4.78, 5) is 13.0. The van der Waals surface area contributed by atoms with Crippen LogP contribution in [0, 0.1) is 6.92 Å². The molecule has 0 spiro atoms. The van der Waals surface area contributed by atoms with Gasteiger partial charge >= 0.3 is 0 Å². The topological polar surface area (TPSA) is 29.5 Å². The molecule has 0 saturated heterocycles. The Labute approximate surface area is 112 Å². The Hall–Kier alpha value is -2.29. The summed E-state index contributed by atoms with van der Waals surface area (Å²) in [6.07, 6.45) is 0.844. The van der Waals surface area contributed by atoms with Crippen molar-refractivity contribution < 1.29 is 9.53 Å².